The third-order valence-electron chi connectivity index (χ3n) is 4.07. The Bertz CT molecular complexity index is 780. The highest BCUT2D eigenvalue weighted by Crippen LogP contribution is 2.33. The zero-order valence-electron chi connectivity index (χ0n) is 12.3. The summed E-state index contributed by atoms with van der Waals surface area (Å²) < 4.78 is 9.73. The van der Waals surface area contributed by atoms with E-state index in [1.165, 1.54) is 0 Å². The molecule has 0 aliphatic carbocycles. The van der Waals surface area contributed by atoms with E-state index in [0.717, 1.165) is 36.9 Å². The van der Waals surface area contributed by atoms with Gasteiger partial charge in [-0.15, -0.1) is 10.2 Å². The minimum Gasteiger partial charge on any atom is -0.370 e. The molecular weight excluding hydrogens is 282 g/mol. The summed E-state index contributed by atoms with van der Waals surface area (Å²) in [6.07, 6.45) is 10.00. The van der Waals surface area contributed by atoms with Gasteiger partial charge in [0.1, 0.15) is 18.3 Å². The fourth-order valence-corrected chi connectivity index (χ4v) is 2.89. The molecule has 0 aromatic carbocycles. The Kier molecular flexibility index (Phi) is 3.23. The summed E-state index contributed by atoms with van der Waals surface area (Å²) in [4.78, 5) is 8.76. The third-order valence-corrected chi connectivity index (χ3v) is 4.07. The topological polar surface area (TPSA) is 82.2 Å². The molecule has 0 radical (unpaired) electrons. The quantitative estimate of drug-likeness (QED) is 0.775. The number of fused-ring (bicyclic) bond motifs is 1. The number of nitrogens with zero attached hydrogens (tertiary/aromatic N) is 6. The van der Waals surface area contributed by atoms with Crippen molar-refractivity contribution in [2.24, 2.45) is 13.0 Å². The number of nitrogens with one attached hydrogen (secondary N) is 1. The molecule has 2 atom stereocenters. The maximum atomic E-state index is 5.87. The lowest BCUT2D eigenvalue weighted by molar-refractivity contribution is 0.0839. The summed E-state index contributed by atoms with van der Waals surface area (Å²) in [6.45, 7) is 1.52. The number of imidazole rings is 1. The first-order chi connectivity index (χ1) is 10.8. The predicted molar refractivity (Wildman–Crippen MR) is 79.3 cm³/mol. The van der Waals surface area contributed by atoms with Crippen molar-refractivity contribution >= 4 is 11.5 Å². The molecule has 0 unspecified atom stereocenters. The molecule has 0 saturated carbocycles. The number of hydrogen-bond donors (Lipinski definition) is 1. The van der Waals surface area contributed by atoms with E-state index >= 15 is 0 Å². The van der Waals surface area contributed by atoms with Gasteiger partial charge in [-0.3, -0.25) is 4.40 Å². The molecule has 1 fully saturated rings. The monoisotopic (exact) mass is 299 g/mol. The Morgan fingerprint density at radius 1 is 1.32 bits per heavy atom. The van der Waals surface area contributed by atoms with Crippen molar-refractivity contribution in [3.8, 4) is 0 Å². The van der Waals surface area contributed by atoms with Crippen LogP contribution in [0.4, 0.5) is 5.82 Å². The smallest absolute Gasteiger partial charge is 0.203 e. The normalized spacial score (nSPS) is 21.5. The molecule has 0 bridgehead atoms. The van der Waals surface area contributed by atoms with Gasteiger partial charge in [0, 0.05) is 50.9 Å². The van der Waals surface area contributed by atoms with E-state index in [9.17, 15) is 0 Å². The molecule has 0 amide bonds. The van der Waals surface area contributed by atoms with E-state index in [2.05, 4.69) is 25.5 Å². The molecule has 1 aliphatic heterocycles. The molecule has 4 heterocycles. The molecule has 114 valence electrons. The van der Waals surface area contributed by atoms with E-state index in [-0.39, 0.29) is 6.10 Å². The minimum absolute atomic E-state index is 0.0186. The first-order valence-electron chi connectivity index (χ1n) is 7.30. The Morgan fingerprint density at radius 3 is 3.09 bits per heavy atom. The number of hydrogen-bond acceptors (Lipinski definition) is 6. The van der Waals surface area contributed by atoms with Crippen LogP contribution in [-0.4, -0.2) is 42.3 Å². The second kappa shape index (κ2) is 5.38. The van der Waals surface area contributed by atoms with Gasteiger partial charge >= 0.3 is 0 Å². The van der Waals surface area contributed by atoms with Crippen LogP contribution in [0.3, 0.4) is 0 Å². The van der Waals surface area contributed by atoms with Crippen molar-refractivity contribution in [2.45, 2.75) is 12.5 Å². The van der Waals surface area contributed by atoms with Crippen LogP contribution >= 0.6 is 0 Å². The van der Waals surface area contributed by atoms with Gasteiger partial charge in [-0.05, 0) is 6.42 Å². The van der Waals surface area contributed by atoms with Crippen LogP contribution in [0.15, 0.2) is 31.1 Å². The highest BCUT2D eigenvalue weighted by molar-refractivity contribution is 5.61. The van der Waals surface area contributed by atoms with Gasteiger partial charge in [0.05, 0.1) is 0 Å². The van der Waals surface area contributed by atoms with E-state index < -0.39 is 0 Å². The fourth-order valence-electron chi connectivity index (χ4n) is 2.89. The van der Waals surface area contributed by atoms with E-state index in [1.807, 2.05) is 28.4 Å². The Morgan fingerprint density at radius 2 is 2.23 bits per heavy atom. The van der Waals surface area contributed by atoms with Crippen molar-refractivity contribution in [1.29, 1.82) is 0 Å². The van der Waals surface area contributed by atoms with Crippen LogP contribution in [-0.2, 0) is 11.8 Å². The fraction of sp³-hybridized carbons (Fsp3) is 0.429. The van der Waals surface area contributed by atoms with Crippen molar-refractivity contribution in [3.63, 3.8) is 0 Å². The summed E-state index contributed by atoms with van der Waals surface area (Å²) in [6, 6.07) is 0. The van der Waals surface area contributed by atoms with E-state index in [0.29, 0.717) is 5.92 Å². The summed E-state index contributed by atoms with van der Waals surface area (Å²) in [5.74, 6) is 2.06. The molecular formula is C14H17N7O. The number of anilines is 1. The first kappa shape index (κ1) is 13.2. The summed E-state index contributed by atoms with van der Waals surface area (Å²) in [7, 11) is 1.99. The molecule has 4 rings (SSSR count). The van der Waals surface area contributed by atoms with Crippen LogP contribution in [0.1, 0.15) is 18.3 Å². The number of aromatic nitrogens is 6. The molecule has 3 aromatic heterocycles. The number of aryl methyl sites for hydroxylation is 1. The van der Waals surface area contributed by atoms with Crippen LogP contribution in [0.5, 0.6) is 0 Å². The zero-order valence-corrected chi connectivity index (χ0v) is 12.3. The van der Waals surface area contributed by atoms with Gasteiger partial charge < -0.3 is 14.6 Å². The lowest BCUT2D eigenvalue weighted by Gasteiger charge is -2.19. The summed E-state index contributed by atoms with van der Waals surface area (Å²) >= 11 is 0. The Balaban J connectivity index is 1.51. The Hall–Kier alpha value is -2.48. The van der Waals surface area contributed by atoms with E-state index in [4.69, 9.17) is 4.74 Å². The second-order valence-electron chi connectivity index (χ2n) is 5.46. The van der Waals surface area contributed by atoms with Crippen LogP contribution in [0.25, 0.3) is 5.65 Å². The molecule has 0 spiro atoms. The van der Waals surface area contributed by atoms with Gasteiger partial charge in [-0.25, -0.2) is 9.97 Å². The molecule has 22 heavy (non-hydrogen) atoms. The van der Waals surface area contributed by atoms with Crippen molar-refractivity contribution < 1.29 is 4.74 Å². The SMILES string of the molecule is Cn1ccnc1[C@@H]1OCC[C@H]1CNc1nccn2cnnc12. The maximum absolute atomic E-state index is 5.87. The molecule has 8 nitrogen and oxygen atoms in total. The highest BCUT2D eigenvalue weighted by Gasteiger charge is 2.32. The first-order valence-corrected chi connectivity index (χ1v) is 7.30. The van der Waals surface area contributed by atoms with Gasteiger partial charge in [-0.1, -0.05) is 0 Å². The molecule has 1 saturated heterocycles. The second-order valence-corrected chi connectivity index (χ2v) is 5.46. The molecule has 1 N–H and O–H groups in total. The van der Waals surface area contributed by atoms with Gasteiger partial charge in [0.2, 0.25) is 5.65 Å². The third kappa shape index (κ3) is 2.21. The summed E-state index contributed by atoms with van der Waals surface area (Å²) in [5.41, 5.74) is 0.731. The van der Waals surface area contributed by atoms with Gasteiger partial charge in [-0.2, -0.15) is 0 Å². The molecule has 3 aromatic rings. The van der Waals surface area contributed by atoms with Crippen LogP contribution in [0.2, 0.25) is 0 Å². The lowest BCUT2D eigenvalue weighted by Crippen LogP contribution is -2.20. The maximum Gasteiger partial charge on any atom is 0.203 e. The van der Waals surface area contributed by atoms with Gasteiger partial charge in [0.15, 0.2) is 5.82 Å². The van der Waals surface area contributed by atoms with E-state index in [1.54, 1.807) is 18.7 Å². The predicted octanol–water partition coefficient (Wildman–Crippen LogP) is 1.05. The lowest BCUT2D eigenvalue weighted by atomic mass is 10.0. The van der Waals surface area contributed by atoms with Gasteiger partial charge in [0.25, 0.3) is 0 Å². The average Bonchev–Trinajstić information content (AvgIpc) is 3.24. The van der Waals surface area contributed by atoms with Crippen LogP contribution in [0, 0.1) is 5.92 Å². The highest BCUT2D eigenvalue weighted by atomic mass is 16.5. The zero-order chi connectivity index (χ0) is 14.9. The Labute approximate surface area is 127 Å². The average molecular weight is 299 g/mol. The van der Waals surface area contributed by atoms with Crippen molar-refractivity contribution in [3.05, 3.63) is 36.9 Å². The largest absolute Gasteiger partial charge is 0.370 e. The minimum atomic E-state index is 0.0186. The molecule has 8 heteroatoms. The summed E-state index contributed by atoms with van der Waals surface area (Å²) in [5, 5.41) is 11.4. The number of ether oxygens (including phenoxy) is 1. The van der Waals surface area contributed by atoms with Crippen LogP contribution < -0.4 is 5.32 Å². The van der Waals surface area contributed by atoms with Crippen molar-refractivity contribution in [1.82, 2.24) is 29.1 Å². The number of rotatable bonds is 4. The van der Waals surface area contributed by atoms with Crippen molar-refractivity contribution in [2.75, 3.05) is 18.5 Å². The standard InChI is InChI=1S/C14H17N7O/c1-20-5-3-16-13(20)11-10(2-7-22-11)8-17-12-14-19-18-9-21(14)6-4-15-12/h3-6,9-11H,2,7-8H2,1H3,(H,15,17)/t10-,11+/m0/s1. The molecule has 1 aliphatic rings.